The zero-order valence-electron chi connectivity index (χ0n) is 11.8. The van der Waals surface area contributed by atoms with Crippen molar-refractivity contribution >= 4 is 11.7 Å². The molecule has 2 rings (SSSR count). The lowest BCUT2D eigenvalue weighted by molar-refractivity contribution is -0.385. The lowest BCUT2D eigenvalue weighted by atomic mass is 9.67. The number of aliphatic carboxylic acids is 1. The fourth-order valence-corrected chi connectivity index (χ4v) is 3.02. The van der Waals surface area contributed by atoms with Crippen LogP contribution in [0.5, 0.6) is 0 Å². The minimum atomic E-state index is -1.02. The first kappa shape index (κ1) is 15.4. The van der Waals surface area contributed by atoms with Gasteiger partial charge in [0, 0.05) is 11.6 Å². The third-order valence-corrected chi connectivity index (χ3v) is 4.45. The van der Waals surface area contributed by atoms with E-state index in [0.717, 1.165) is 31.0 Å². The molecule has 1 aliphatic rings. The number of nitro benzene ring substituents is 1. The van der Waals surface area contributed by atoms with Gasteiger partial charge in [-0.15, -0.1) is 0 Å². The molecule has 0 unspecified atom stereocenters. The van der Waals surface area contributed by atoms with Crippen molar-refractivity contribution in [3.63, 3.8) is 0 Å². The fraction of sp³-hybridized carbons (Fsp3) is 0.533. The van der Waals surface area contributed by atoms with E-state index in [1.807, 2.05) is 0 Å². The van der Waals surface area contributed by atoms with Gasteiger partial charge in [0.15, 0.2) is 0 Å². The van der Waals surface area contributed by atoms with E-state index in [2.05, 4.69) is 6.92 Å². The number of carboxylic acid groups (broad SMARTS) is 1. The van der Waals surface area contributed by atoms with Crippen LogP contribution in [0.1, 0.15) is 38.2 Å². The number of hydrogen-bond donors (Lipinski definition) is 1. The molecule has 1 aromatic rings. The molecule has 1 saturated carbocycles. The Morgan fingerprint density at radius 3 is 2.62 bits per heavy atom. The van der Waals surface area contributed by atoms with E-state index in [-0.39, 0.29) is 17.7 Å². The van der Waals surface area contributed by atoms with Crippen LogP contribution in [0.3, 0.4) is 0 Å². The van der Waals surface area contributed by atoms with Crippen molar-refractivity contribution < 1.29 is 19.2 Å². The van der Waals surface area contributed by atoms with Gasteiger partial charge < -0.3 is 5.11 Å². The standard InChI is InChI=1S/C15H18FNO4/c1-10-4-6-15(7-5-10,14(18)19)9-11-8-12(16)2-3-13(11)17(20)21/h2-3,8,10H,4-7,9H2,1H3,(H,18,19). The number of carboxylic acids is 1. The third-order valence-electron chi connectivity index (χ3n) is 4.45. The Hall–Kier alpha value is -1.98. The van der Waals surface area contributed by atoms with Crippen molar-refractivity contribution in [2.24, 2.45) is 11.3 Å². The summed E-state index contributed by atoms with van der Waals surface area (Å²) in [5.41, 5.74) is -1.07. The minimum absolute atomic E-state index is 0.00310. The number of benzene rings is 1. The van der Waals surface area contributed by atoms with Crippen LogP contribution in [0.4, 0.5) is 10.1 Å². The van der Waals surface area contributed by atoms with Gasteiger partial charge in [-0.05, 0) is 50.2 Å². The van der Waals surface area contributed by atoms with Gasteiger partial charge in [-0.3, -0.25) is 14.9 Å². The topological polar surface area (TPSA) is 80.4 Å². The molecule has 0 aliphatic heterocycles. The van der Waals surface area contributed by atoms with Crippen molar-refractivity contribution in [2.45, 2.75) is 39.0 Å². The zero-order valence-corrected chi connectivity index (χ0v) is 11.8. The molecule has 1 aliphatic carbocycles. The van der Waals surface area contributed by atoms with E-state index >= 15 is 0 Å². The molecule has 114 valence electrons. The maximum absolute atomic E-state index is 13.4. The third kappa shape index (κ3) is 3.20. The Labute approximate surface area is 121 Å². The monoisotopic (exact) mass is 295 g/mol. The van der Waals surface area contributed by atoms with Crippen LogP contribution in [-0.4, -0.2) is 16.0 Å². The Morgan fingerprint density at radius 1 is 1.48 bits per heavy atom. The molecule has 0 aromatic heterocycles. The molecule has 0 amide bonds. The molecule has 21 heavy (non-hydrogen) atoms. The first-order valence-corrected chi connectivity index (χ1v) is 7.00. The van der Waals surface area contributed by atoms with Gasteiger partial charge in [-0.2, -0.15) is 0 Å². The van der Waals surface area contributed by atoms with Crippen LogP contribution in [0.25, 0.3) is 0 Å². The largest absolute Gasteiger partial charge is 0.481 e. The number of nitro groups is 1. The van der Waals surface area contributed by atoms with E-state index in [4.69, 9.17) is 0 Å². The second-order valence-electron chi connectivity index (χ2n) is 5.97. The van der Waals surface area contributed by atoms with Crippen molar-refractivity contribution in [3.8, 4) is 0 Å². The van der Waals surface area contributed by atoms with E-state index in [1.165, 1.54) is 0 Å². The molecule has 6 heteroatoms. The van der Waals surface area contributed by atoms with E-state index < -0.39 is 22.1 Å². The molecular formula is C15H18FNO4. The Morgan fingerprint density at radius 2 is 2.10 bits per heavy atom. The number of nitrogens with zero attached hydrogens (tertiary/aromatic N) is 1. The van der Waals surface area contributed by atoms with Gasteiger partial charge in [-0.1, -0.05) is 6.92 Å². The average Bonchev–Trinajstić information content (AvgIpc) is 2.41. The molecule has 1 aromatic carbocycles. The summed E-state index contributed by atoms with van der Waals surface area (Å²) >= 11 is 0. The predicted molar refractivity (Wildman–Crippen MR) is 74.5 cm³/mol. The van der Waals surface area contributed by atoms with Gasteiger partial charge in [0.25, 0.3) is 5.69 Å². The van der Waals surface area contributed by atoms with Crippen LogP contribution >= 0.6 is 0 Å². The summed E-state index contributed by atoms with van der Waals surface area (Å²) in [6.45, 7) is 2.07. The van der Waals surface area contributed by atoms with E-state index in [9.17, 15) is 24.4 Å². The summed E-state index contributed by atoms with van der Waals surface area (Å²) in [4.78, 5) is 22.1. The SMILES string of the molecule is CC1CCC(Cc2cc(F)ccc2[N+](=O)[O-])(C(=O)O)CC1. The Kier molecular flexibility index (Phi) is 4.25. The number of rotatable bonds is 4. The number of hydrogen-bond acceptors (Lipinski definition) is 3. The van der Waals surface area contributed by atoms with E-state index in [1.54, 1.807) is 0 Å². The Bertz CT molecular complexity index is 565. The van der Waals surface area contributed by atoms with Gasteiger partial charge in [0.05, 0.1) is 10.3 Å². The highest BCUT2D eigenvalue weighted by Gasteiger charge is 2.42. The maximum Gasteiger partial charge on any atom is 0.309 e. The van der Waals surface area contributed by atoms with Crippen LogP contribution in [0, 0.1) is 27.3 Å². The van der Waals surface area contributed by atoms with Crippen LogP contribution in [-0.2, 0) is 11.2 Å². The minimum Gasteiger partial charge on any atom is -0.481 e. The average molecular weight is 295 g/mol. The highest BCUT2D eigenvalue weighted by molar-refractivity contribution is 5.75. The summed E-state index contributed by atoms with van der Waals surface area (Å²) in [5.74, 6) is -1.08. The van der Waals surface area contributed by atoms with Gasteiger partial charge in [0.2, 0.25) is 0 Å². The molecule has 0 radical (unpaired) electrons. The van der Waals surface area contributed by atoms with Crippen molar-refractivity contribution in [1.29, 1.82) is 0 Å². The highest BCUT2D eigenvalue weighted by Crippen LogP contribution is 2.43. The summed E-state index contributed by atoms with van der Waals surface area (Å²) in [6, 6.07) is 3.21. The second kappa shape index (κ2) is 5.79. The van der Waals surface area contributed by atoms with Gasteiger partial charge >= 0.3 is 5.97 Å². The molecular weight excluding hydrogens is 277 g/mol. The van der Waals surface area contributed by atoms with Gasteiger partial charge in [0.1, 0.15) is 5.82 Å². The summed E-state index contributed by atoms with van der Waals surface area (Å²) in [5, 5.41) is 20.6. The van der Waals surface area contributed by atoms with Crippen molar-refractivity contribution in [3.05, 3.63) is 39.7 Å². The van der Waals surface area contributed by atoms with Crippen molar-refractivity contribution in [1.82, 2.24) is 0 Å². The second-order valence-corrected chi connectivity index (χ2v) is 5.97. The number of halogens is 1. The zero-order chi connectivity index (χ0) is 15.6. The molecule has 5 nitrogen and oxygen atoms in total. The first-order valence-electron chi connectivity index (χ1n) is 7.00. The first-order chi connectivity index (χ1) is 9.84. The smallest absolute Gasteiger partial charge is 0.309 e. The van der Waals surface area contributed by atoms with Crippen LogP contribution in [0.2, 0.25) is 0 Å². The molecule has 1 N–H and O–H groups in total. The summed E-state index contributed by atoms with van der Waals surface area (Å²) in [7, 11) is 0. The van der Waals surface area contributed by atoms with Crippen molar-refractivity contribution in [2.75, 3.05) is 0 Å². The highest BCUT2D eigenvalue weighted by atomic mass is 19.1. The Balaban J connectivity index is 2.36. The lowest BCUT2D eigenvalue weighted by Crippen LogP contribution is -2.37. The molecule has 0 spiro atoms. The van der Waals surface area contributed by atoms with Crippen LogP contribution < -0.4 is 0 Å². The molecule has 0 heterocycles. The number of carbonyl (C=O) groups is 1. The molecule has 0 saturated heterocycles. The molecule has 0 atom stereocenters. The lowest BCUT2D eigenvalue weighted by Gasteiger charge is -2.35. The summed E-state index contributed by atoms with van der Waals surface area (Å²) < 4.78 is 13.4. The molecule has 0 bridgehead atoms. The maximum atomic E-state index is 13.4. The quantitative estimate of drug-likeness (QED) is 0.680. The summed E-state index contributed by atoms with van der Waals surface area (Å²) in [6.07, 6.45) is 2.49. The normalized spacial score (nSPS) is 25.5. The van der Waals surface area contributed by atoms with E-state index in [0.29, 0.717) is 18.8 Å². The predicted octanol–water partition coefficient (Wildman–Crippen LogP) is 3.56. The fourth-order valence-electron chi connectivity index (χ4n) is 3.02. The molecule has 1 fully saturated rings. The van der Waals surface area contributed by atoms with Crippen LogP contribution in [0.15, 0.2) is 18.2 Å². The van der Waals surface area contributed by atoms with Gasteiger partial charge in [-0.25, -0.2) is 4.39 Å².